The molecule has 1 aromatic heterocycles. The zero-order valence-electron chi connectivity index (χ0n) is 18.6. The summed E-state index contributed by atoms with van der Waals surface area (Å²) in [4.78, 5) is 25.1. The Morgan fingerprint density at radius 1 is 1.27 bits per heavy atom. The third-order valence-electron chi connectivity index (χ3n) is 6.92. The van der Waals surface area contributed by atoms with Crippen LogP contribution in [0.1, 0.15) is 37.2 Å². The summed E-state index contributed by atoms with van der Waals surface area (Å²) in [6.07, 6.45) is 5.44. The van der Waals surface area contributed by atoms with Crippen LogP contribution in [-0.4, -0.2) is 66.5 Å². The van der Waals surface area contributed by atoms with Crippen LogP contribution in [0.5, 0.6) is 5.88 Å². The third kappa shape index (κ3) is 3.61. The van der Waals surface area contributed by atoms with Crippen molar-refractivity contribution in [1.82, 2.24) is 15.3 Å². The number of hydrogen-bond acceptors (Lipinski definition) is 9. The molecule has 1 aliphatic carbocycles. The Labute approximate surface area is 191 Å². The van der Waals surface area contributed by atoms with Gasteiger partial charge in [-0.15, -0.1) is 0 Å². The number of aromatic nitrogens is 2. The maximum absolute atomic E-state index is 15.3. The summed E-state index contributed by atoms with van der Waals surface area (Å²) in [6.45, 7) is 3.37. The molecule has 33 heavy (non-hydrogen) atoms. The molecule has 1 aromatic rings. The van der Waals surface area contributed by atoms with Crippen LogP contribution >= 0.6 is 0 Å². The second-order valence-corrected chi connectivity index (χ2v) is 11.2. The molecule has 1 saturated heterocycles. The number of halogens is 1. The van der Waals surface area contributed by atoms with E-state index in [9.17, 15) is 13.2 Å². The van der Waals surface area contributed by atoms with Gasteiger partial charge in [-0.25, -0.2) is 22.8 Å². The zero-order valence-corrected chi connectivity index (χ0v) is 19.4. The number of amidine groups is 1. The van der Waals surface area contributed by atoms with Gasteiger partial charge in [0.1, 0.15) is 17.4 Å². The average Bonchev–Trinajstić information content (AvgIpc) is 3.27. The quantitative estimate of drug-likeness (QED) is 0.652. The predicted molar refractivity (Wildman–Crippen MR) is 118 cm³/mol. The van der Waals surface area contributed by atoms with E-state index in [1.165, 1.54) is 31.7 Å². The minimum atomic E-state index is -3.79. The molecule has 0 aromatic carbocycles. The highest BCUT2D eigenvalue weighted by Crippen LogP contribution is 2.52. The Hall–Kier alpha value is -2.86. The molecule has 0 bridgehead atoms. The number of aliphatic imine (C=N–C) groups is 1. The topological polar surface area (TPSA) is 146 Å². The Balaban J connectivity index is 1.62. The Kier molecular flexibility index (Phi) is 5.56. The van der Waals surface area contributed by atoms with E-state index in [1.54, 1.807) is 13.8 Å². The first-order valence-electron chi connectivity index (χ1n) is 10.4. The number of allylic oxidation sites excluding steroid dienone is 3. The minimum Gasteiger partial charge on any atom is -0.480 e. The van der Waals surface area contributed by atoms with Crippen molar-refractivity contribution in [2.75, 3.05) is 26.1 Å². The first-order valence-corrected chi connectivity index (χ1v) is 12.0. The highest BCUT2D eigenvalue weighted by Gasteiger charge is 2.61. The van der Waals surface area contributed by atoms with E-state index in [-0.39, 0.29) is 43.5 Å². The summed E-state index contributed by atoms with van der Waals surface area (Å²) in [5.74, 6) is -1.28. The molecule has 0 saturated carbocycles. The fourth-order valence-electron chi connectivity index (χ4n) is 4.51. The van der Waals surface area contributed by atoms with E-state index in [0.29, 0.717) is 5.70 Å². The van der Waals surface area contributed by atoms with Crippen molar-refractivity contribution in [3.05, 3.63) is 41.8 Å². The first-order chi connectivity index (χ1) is 15.5. The molecule has 1 amide bonds. The fourth-order valence-corrected chi connectivity index (χ4v) is 6.93. The van der Waals surface area contributed by atoms with Crippen molar-refractivity contribution in [3.8, 4) is 5.88 Å². The molecule has 2 aliphatic heterocycles. The molecular weight excluding hydrogens is 453 g/mol. The van der Waals surface area contributed by atoms with E-state index in [0.717, 1.165) is 0 Å². The van der Waals surface area contributed by atoms with Crippen LogP contribution in [0.25, 0.3) is 0 Å². The van der Waals surface area contributed by atoms with E-state index < -0.39 is 43.0 Å². The van der Waals surface area contributed by atoms with Gasteiger partial charge in [0, 0.05) is 18.7 Å². The van der Waals surface area contributed by atoms with Gasteiger partial charge in [0.25, 0.3) is 5.91 Å². The number of nitrogens with one attached hydrogen (secondary N) is 1. The SMILES string of the molecule is COc1cnc(C(=O)NC2=CC=C(F)C(C)([C@]3(C)CS(=O)(=O)[C@]4(CCOC4)C(N)=N3)C2)cn1. The van der Waals surface area contributed by atoms with Crippen LogP contribution in [0.2, 0.25) is 0 Å². The number of sulfone groups is 1. The van der Waals surface area contributed by atoms with Gasteiger partial charge in [-0.05, 0) is 25.5 Å². The average molecular weight is 480 g/mol. The van der Waals surface area contributed by atoms with Crippen LogP contribution in [0.15, 0.2) is 41.1 Å². The Morgan fingerprint density at radius 3 is 2.61 bits per heavy atom. The summed E-state index contributed by atoms with van der Waals surface area (Å²) in [7, 11) is -2.36. The molecule has 3 N–H and O–H groups in total. The highest BCUT2D eigenvalue weighted by molar-refractivity contribution is 7.93. The number of ether oxygens (including phenoxy) is 2. The van der Waals surface area contributed by atoms with E-state index in [1.807, 2.05) is 0 Å². The number of carbonyl (C=O) groups excluding carboxylic acids is 1. The largest absolute Gasteiger partial charge is 0.480 e. The van der Waals surface area contributed by atoms with Crippen LogP contribution in [0.3, 0.4) is 0 Å². The standard InChI is InChI=1S/C21H26FN5O5S/c1-19(20(2)12-33(29,30)21(18(23)27-20)6-7-32-11-21)8-13(4-5-15(19)22)26-17(28)14-9-25-16(31-3)10-24-14/h4-5,9-10H,6-8,11-12H2,1-3H3,(H2,23,27)(H,26,28)/t19?,20-,21-/m0/s1. The number of carbonyl (C=O) groups is 1. The van der Waals surface area contributed by atoms with Gasteiger partial charge in [-0.3, -0.25) is 9.79 Å². The molecule has 1 spiro atoms. The summed E-state index contributed by atoms with van der Waals surface area (Å²) in [6, 6.07) is 0. The molecule has 3 aliphatic rings. The number of methoxy groups -OCH3 is 1. The minimum absolute atomic E-state index is 0.00302. The summed E-state index contributed by atoms with van der Waals surface area (Å²) in [5.41, 5.74) is 3.86. The highest BCUT2D eigenvalue weighted by atomic mass is 32.2. The molecule has 3 heterocycles. The number of hydrogen-bond donors (Lipinski definition) is 2. The van der Waals surface area contributed by atoms with Crippen LogP contribution in [-0.2, 0) is 14.6 Å². The number of nitrogens with zero attached hydrogens (tertiary/aromatic N) is 3. The molecule has 10 nitrogen and oxygen atoms in total. The second-order valence-electron chi connectivity index (χ2n) is 8.94. The van der Waals surface area contributed by atoms with Gasteiger partial charge < -0.3 is 20.5 Å². The summed E-state index contributed by atoms with van der Waals surface area (Å²) >= 11 is 0. The lowest BCUT2D eigenvalue weighted by Crippen LogP contribution is -2.63. The fraction of sp³-hybridized carbons (Fsp3) is 0.524. The Morgan fingerprint density at radius 2 is 2.03 bits per heavy atom. The van der Waals surface area contributed by atoms with Crippen molar-refractivity contribution in [2.45, 2.75) is 37.0 Å². The number of rotatable bonds is 4. The summed E-state index contributed by atoms with van der Waals surface area (Å²) in [5, 5.41) is 2.70. The number of nitrogens with two attached hydrogens (primary N) is 1. The monoisotopic (exact) mass is 479 g/mol. The molecular formula is C21H26FN5O5S. The van der Waals surface area contributed by atoms with Crippen molar-refractivity contribution < 1.29 is 27.1 Å². The van der Waals surface area contributed by atoms with E-state index in [2.05, 4.69) is 20.3 Å². The zero-order chi connectivity index (χ0) is 24.1. The van der Waals surface area contributed by atoms with Gasteiger partial charge in [0.2, 0.25) is 5.88 Å². The molecule has 178 valence electrons. The van der Waals surface area contributed by atoms with Gasteiger partial charge in [-0.1, -0.05) is 6.92 Å². The van der Waals surface area contributed by atoms with Crippen LogP contribution < -0.4 is 15.8 Å². The maximum Gasteiger partial charge on any atom is 0.275 e. The van der Waals surface area contributed by atoms with Gasteiger partial charge >= 0.3 is 0 Å². The summed E-state index contributed by atoms with van der Waals surface area (Å²) < 4.78 is 50.8. The smallest absolute Gasteiger partial charge is 0.275 e. The van der Waals surface area contributed by atoms with Crippen molar-refractivity contribution >= 4 is 21.6 Å². The van der Waals surface area contributed by atoms with Gasteiger partial charge in [0.05, 0.1) is 42.8 Å². The second kappa shape index (κ2) is 7.87. The van der Waals surface area contributed by atoms with E-state index >= 15 is 4.39 Å². The lowest BCUT2D eigenvalue weighted by atomic mass is 9.67. The van der Waals surface area contributed by atoms with Crippen molar-refractivity contribution in [1.29, 1.82) is 0 Å². The van der Waals surface area contributed by atoms with E-state index in [4.69, 9.17) is 15.2 Å². The lowest BCUT2D eigenvalue weighted by molar-refractivity contribution is 0.0950. The molecule has 1 fully saturated rings. The lowest BCUT2D eigenvalue weighted by Gasteiger charge is -2.48. The first kappa shape index (κ1) is 23.3. The number of amides is 1. The molecule has 0 radical (unpaired) electrons. The molecule has 3 atom stereocenters. The Bertz CT molecular complexity index is 1170. The molecule has 12 heteroatoms. The third-order valence-corrected chi connectivity index (χ3v) is 9.58. The normalized spacial score (nSPS) is 33.2. The van der Waals surface area contributed by atoms with Crippen LogP contribution in [0, 0.1) is 5.41 Å². The van der Waals surface area contributed by atoms with Gasteiger partial charge in [-0.2, -0.15) is 0 Å². The molecule has 4 rings (SSSR count). The molecule has 1 unspecified atom stereocenters. The maximum atomic E-state index is 15.3. The van der Waals surface area contributed by atoms with Crippen LogP contribution in [0.4, 0.5) is 4.39 Å². The van der Waals surface area contributed by atoms with Gasteiger partial charge in [0.15, 0.2) is 14.6 Å². The predicted octanol–water partition coefficient (Wildman–Crippen LogP) is 1.07. The van der Waals surface area contributed by atoms with Crippen molar-refractivity contribution in [2.24, 2.45) is 16.1 Å². The van der Waals surface area contributed by atoms with Crippen molar-refractivity contribution in [3.63, 3.8) is 0 Å².